The number of ether oxygens (including phenoxy) is 3. The van der Waals surface area contributed by atoms with Crippen LogP contribution in [-0.2, 0) is 16.4 Å². The molecule has 2 aromatic rings. The van der Waals surface area contributed by atoms with Crippen molar-refractivity contribution in [3.8, 4) is 17.2 Å². The maximum Gasteiger partial charge on any atom is 0.317 e. The number of nitrogens with zero attached hydrogens (tertiary/aromatic N) is 1. The normalized spacial score (nSPS) is 14.1. The van der Waals surface area contributed by atoms with Crippen molar-refractivity contribution in [2.24, 2.45) is 0 Å². The largest absolute Gasteiger partial charge is 0.497 e. The van der Waals surface area contributed by atoms with E-state index in [2.05, 4.69) is 5.32 Å². The zero-order chi connectivity index (χ0) is 21.0. The fraction of sp³-hybridized carbons (Fsp3) is 0.350. The second kappa shape index (κ2) is 8.60. The molecule has 1 aliphatic rings. The molecule has 29 heavy (non-hydrogen) atoms. The number of rotatable bonds is 7. The van der Waals surface area contributed by atoms with Crippen LogP contribution in [0.1, 0.15) is 5.56 Å². The van der Waals surface area contributed by atoms with Gasteiger partial charge in [0.1, 0.15) is 11.0 Å². The third-order valence-electron chi connectivity index (χ3n) is 4.85. The van der Waals surface area contributed by atoms with Crippen LogP contribution in [0.15, 0.2) is 47.4 Å². The third-order valence-corrected chi connectivity index (χ3v) is 6.96. The molecule has 0 aliphatic carbocycles. The van der Waals surface area contributed by atoms with E-state index in [1.165, 1.54) is 24.1 Å². The van der Waals surface area contributed by atoms with Crippen LogP contribution in [0.4, 0.5) is 4.79 Å². The Morgan fingerprint density at radius 2 is 1.66 bits per heavy atom. The van der Waals surface area contributed by atoms with Gasteiger partial charge in [0.25, 0.3) is 0 Å². The lowest BCUT2D eigenvalue weighted by Gasteiger charge is -2.38. The van der Waals surface area contributed by atoms with E-state index < -0.39 is 15.1 Å². The van der Waals surface area contributed by atoms with Gasteiger partial charge in [-0.1, -0.05) is 6.07 Å². The van der Waals surface area contributed by atoms with Gasteiger partial charge >= 0.3 is 6.03 Å². The van der Waals surface area contributed by atoms with Crippen molar-refractivity contribution in [2.45, 2.75) is 16.7 Å². The number of methoxy groups -OCH3 is 3. The lowest BCUT2D eigenvalue weighted by molar-refractivity contribution is 0.168. The zero-order valence-corrected chi connectivity index (χ0v) is 17.4. The Morgan fingerprint density at radius 1 is 1.00 bits per heavy atom. The molecule has 1 saturated heterocycles. The standard InChI is InChI=1S/C20H24N2O6S/c1-26-15-5-7-16(8-6-15)29(24,25)17-12-22(13-17)20(23)21-11-14-4-9-18(27-2)19(10-14)28-3/h4-10,17H,11-13H2,1-3H3,(H,21,23). The van der Waals surface area contributed by atoms with Gasteiger partial charge in [-0.2, -0.15) is 0 Å². The number of likely N-dealkylation sites (tertiary alicyclic amines) is 1. The Balaban J connectivity index is 1.54. The second-order valence-electron chi connectivity index (χ2n) is 6.60. The number of carbonyl (C=O) groups excluding carboxylic acids is 1. The molecule has 156 valence electrons. The summed E-state index contributed by atoms with van der Waals surface area (Å²) in [6.45, 7) is 0.615. The summed E-state index contributed by atoms with van der Waals surface area (Å²) < 4.78 is 40.8. The highest BCUT2D eigenvalue weighted by Crippen LogP contribution is 2.28. The van der Waals surface area contributed by atoms with E-state index in [4.69, 9.17) is 14.2 Å². The van der Waals surface area contributed by atoms with Crippen molar-refractivity contribution >= 4 is 15.9 Å². The molecule has 0 bridgehead atoms. The Labute approximate surface area is 170 Å². The maximum atomic E-state index is 12.7. The number of hydrogen-bond acceptors (Lipinski definition) is 6. The first-order chi connectivity index (χ1) is 13.9. The van der Waals surface area contributed by atoms with Crippen molar-refractivity contribution in [2.75, 3.05) is 34.4 Å². The van der Waals surface area contributed by atoms with E-state index in [9.17, 15) is 13.2 Å². The summed E-state index contributed by atoms with van der Waals surface area (Å²) in [6, 6.07) is 11.3. The van der Waals surface area contributed by atoms with Gasteiger partial charge in [0, 0.05) is 19.6 Å². The molecular weight excluding hydrogens is 396 g/mol. The minimum absolute atomic E-state index is 0.159. The fourth-order valence-electron chi connectivity index (χ4n) is 3.04. The molecule has 1 heterocycles. The molecule has 8 nitrogen and oxygen atoms in total. The number of carbonyl (C=O) groups is 1. The molecule has 9 heteroatoms. The summed E-state index contributed by atoms with van der Waals surface area (Å²) in [5.41, 5.74) is 0.846. The van der Waals surface area contributed by atoms with Gasteiger partial charge in [-0.3, -0.25) is 0 Å². The van der Waals surface area contributed by atoms with Gasteiger partial charge in [-0.05, 0) is 42.0 Å². The smallest absolute Gasteiger partial charge is 0.317 e. The van der Waals surface area contributed by atoms with Crippen LogP contribution in [0.5, 0.6) is 17.2 Å². The Kier molecular flexibility index (Phi) is 6.17. The van der Waals surface area contributed by atoms with Crippen molar-refractivity contribution in [1.82, 2.24) is 10.2 Å². The molecule has 2 aromatic carbocycles. The molecule has 0 radical (unpaired) electrons. The van der Waals surface area contributed by atoms with Crippen molar-refractivity contribution in [3.05, 3.63) is 48.0 Å². The number of urea groups is 1. The second-order valence-corrected chi connectivity index (χ2v) is 8.82. The minimum atomic E-state index is -3.49. The van der Waals surface area contributed by atoms with Gasteiger partial charge in [-0.15, -0.1) is 0 Å². The molecule has 3 rings (SSSR count). The number of amides is 2. The SMILES string of the molecule is COc1ccc(S(=O)(=O)C2CN(C(=O)NCc3ccc(OC)c(OC)c3)C2)cc1. The van der Waals surface area contributed by atoms with Crippen LogP contribution in [0.25, 0.3) is 0 Å². The zero-order valence-electron chi connectivity index (χ0n) is 16.5. The van der Waals surface area contributed by atoms with E-state index in [-0.39, 0.29) is 24.0 Å². The number of hydrogen-bond donors (Lipinski definition) is 1. The van der Waals surface area contributed by atoms with Crippen LogP contribution in [-0.4, -0.2) is 59.0 Å². The summed E-state index contributed by atoms with van der Waals surface area (Å²) in [5.74, 6) is 1.78. The first-order valence-electron chi connectivity index (χ1n) is 9.00. The van der Waals surface area contributed by atoms with Crippen LogP contribution >= 0.6 is 0 Å². The van der Waals surface area contributed by atoms with E-state index in [1.807, 2.05) is 6.07 Å². The molecule has 2 amide bonds. The quantitative estimate of drug-likeness (QED) is 0.737. The van der Waals surface area contributed by atoms with Crippen molar-refractivity contribution < 1.29 is 27.4 Å². The number of benzene rings is 2. The highest BCUT2D eigenvalue weighted by atomic mass is 32.2. The predicted molar refractivity (Wildman–Crippen MR) is 107 cm³/mol. The summed E-state index contributed by atoms with van der Waals surface area (Å²) >= 11 is 0. The average Bonchev–Trinajstić information content (AvgIpc) is 2.70. The van der Waals surface area contributed by atoms with Crippen LogP contribution in [0, 0.1) is 0 Å². The van der Waals surface area contributed by atoms with Crippen LogP contribution in [0.3, 0.4) is 0 Å². The molecule has 0 atom stereocenters. The van der Waals surface area contributed by atoms with Gasteiger partial charge in [0.15, 0.2) is 21.3 Å². The molecule has 1 N–H and O–H groups in total. The van der Waals surface area contributed by atoms with Crippen molar-refractivity contribution in [3.63, 3.8) is 0 Å². The van der Waals surface area contributed by atoms with E-state index in [0.717, 1.165) is 5.56 Å². The third kappa shape index (κ3) is 4.40. The topological polar surface area (TPSA) is 94.2 Å². The lowest BCUT2D eigenvalue weighted by atomic mass is 10.2. The van der Waals surface area contributed by atoms with Gasteiger partial charge in [0.2, 0.25) is 0 Å². The fourth-order valence-corrected chi connectivity index (χ4v) is 4.69. The molecule has 0 spiro atoms. The van der Waals surface area contributed by atoms with Crippen molar-refractivity contribution in [1.29, 1.82) is 0 Å². The predicted octanol–water partition coefficient (Wildman–Crippen LogP) is 2.08. The molecule has 1 aliphatic heterocycles. The molecule has 0 aromatic heterocycles. The summed E-state index contributed by atoms with van der Waals surface area (Å²) in [4.78, 5) is 14.0. The van der Waals surface area contributed by atoms with E-state index in [1.54, 1.807) is 38.5 Å². The van der Waals surface area contributed by atoms with Gasteiger partial charge in [0.05, 0.1) is 26.2 Å². The Hall–Kier alpha value is -2.94. The average molecular weight is 420 g/mol. The summed E-state index contributed by atoms with van der Waals surface area (Å²) in [5, 5.41) is 2.19. The molecule has 1 fully saturated rings. The first-order valence-corrected chi connectivity index (χ1v) is 10.5. The Bertz CT molecular complexity index is 969. The highest BCUT2D eigenvalue weighted by molar-refractivity contribution is 7.92. The number of nitrogens with one attached hydrogen (secondary N) is 1. The van der Waals surface area contributed by atoms with Crippen LogP contribution < -0.4 is 19.5 Å². The molecular formula is C20H24N2O6S. The lowest BCUT2D eigenvalue weighted by Crippen LogP contribution is -2.59. The summed E-state index contributed by atoms with van der Waals surface area (Å²) in [6.07, 6.45) is 0. The first kappa shape index (κ1) is 20.8. The summed E-state index contributed by atoms with van der Waals surface area (Å²) in [7, 11) is 1.14. The highest BCUT2D eigenvalue weighted by Gasteiger charge is 2.40. The maximum absolute atomic E-state index is 12.7. The van der Waals surface area contributed by atoms with Gasteiger partial charge in [-0.25, -0.2) is 13.2 Å². The monoisotopic (exact) mass is 420 g/mol. The van der Waals surface area contributed by atoms with E-state index >= 15 is 0 Å². The van der Waals surface area contributed by atoms with E-state index in [0.29, 0.717) is 23.8 Å². The molecule has 0 saturated carbocycles. The molecule has 0 unspecified atom stereocenters. The van der Waals surface area contributed by atoms with Gasteiger partial charge < -0.3 is 24.4 Å². The Morgan fingerprint density at radius 3 is 2.24 bits per heavy atom. The number of sulfone groups is 1. The van der Waals surface area contributed by atoms with Crippen LogP contribution in [0.2, 0.25) is 0 Å². The minimum Gasteiger partial charge on any atom is -0.497 e.